The molecule has 5 nitrogen and oxygen atoms in total. The smallest absolute Gasteiger partial charge is 0.261 e. The van der Waals surface area contributed by atoms with Gasteiger partial charge in [0, 0.05) is 17.1 Å². The quantitative estimate of drug-likeness (QED) is 0.671. The minimum Gasteiger partial charge on any atom is -0.467 e. The van der Waals surface area contributed by atoms with Gasteiger partial charge in [0.1, 0.15) is 5.75 Å². The number of hydrogen-bond donors (Lipinski definition) is 0. The Morgan fingerprint density at radius 1 is 1.39 bits per heavy atom. The van der Waals surface area contributed by atoms with E-state index in [1.165, 1.54) is 11.8 Å². The molecule has 0 bridgehead atoms. The lowest BCUT2D eigenvalue weighted by Gasteiger charge is -2.28. The topological polar surface area (TPSA) is 51.1 Å². The molecule has 3 rings (SSSR count). The van der Waals surface area contributed by atoms with E-state index in [9.17, 15) is 4.79 Å². The van der Waals surface area contributed by atoms with Crippen LogP contribution < -0.4 is 4.74 Å². The molecule has 2 heterocycles. The normalized spacial score (nSPS) is 25.1. The number of rotatable bonds is 0. The van der Waals surface area contributed by atoms with Gasteiger partial charge in [-0.3, -0.25) is 9.69 Å². The maximum Gasteiger partial charge on any atom is 0.261 e. The first-order chi connectivity index (χ1) is 11.1. The summed E-state index contributed by atoms with van der Waals surface area (Å²) in [5.74, 6) is 0.661. The molecular weight excluding hydrogens is 380 g/mol. The fourth-order valence-electron chi connectivity index (χ4n) is 3.01. The highest BCUT2D eigenvalue weighted by atomic mass is 79.9. The van der Waals surface area contributed by atoms with E-state index < -0.39 is 5.54 Å². The van der Waals surface area contributed by atoms with Crippen molar-refractivity contribution in [3.63, 3.8) is 0 Å². The van der Waals surface area contributed by atoms with E-state index >= 15 is 0 Å². The minimum atomic E-state index is -0.899. The van der Waals surface area contributed by atoms with Crippen LogP contribution in [-0.2, 0) is 15.1 Å². The molecule has 0 saturated carbocycles. The van der Waals surface area contributed by atoms with Crippen molar-refractivity contribution < 1.29 is 14.3 Å². The second-order valence-corrected chi connectivity index (χ2v) is 7.28. The van der Waals surface area contributed by atoms with Crippen LogP contribution in [0, 0.1) is 0 Å². The predicted molar refractivity (Wildman–Crippen MR) is 94.8 cm³/mol. The van der Waals surface area contributed by atoms with Gasteiger partial charge in [-0.25, -0.2) is 4.99 Å². The number of amides is 1. The Bertz CT molecular complexity index is 652. The van der Waals surface area contributed by atoms with Gasteiger partial charge in [0.15, 0.2) is 17.5 Å². The summed E-state index contributed by atoms with van der Waals surface area (Å²) in [6.07, 6.45) is 4.34. The molecule has 7 heteroatoms. The van der Waals surface area contributed by atoms with Crippen molar-refractivity contribution in [3.05, 3.63) is 28.2 Å². The van der Waals surface area contributed by atoms with Gasteiger partial charge in [0.05, 0.1) is 6.61 Å². The van der Waals surface area contributed by atoms with E-state index in [-0.39, 0.29) is 12.7 Å². The number of benzene rings is 1. The predicted octanol–water partition coefficient (Wildman–Crippen LogP) is 3.37. The molecule has 1 unspecified atom stereocenters. The van der Waals surface area contributed by atoms with Gasteiger partial charge in [-0.05, 0) is 43.7 Å². The standard InChI is InChI=1S/C16H19BrN2O3S/c1-19-14(20)16(18-15(19)23-2)7-3-4-8-21-10-22-13-6-5-11(17)9-12(13)16/h5-6,9H,3-4,7-8,10H2,1-2H3. The Labute approximate surface area is 148 Å². The molecule has 0 N–H and O–H groups in total. The van der Waals surface area contributed by atoms with Gasteiger partial charge in [-0.1, -0.05) is 27.7 Å². The van der Waals surface area contributed by atoms with Crippen molar-refractivity contribution in [2.45, 2.75) is 24.8 Å². The zero-order chi connectivity index (χ0) is 16.4. The highest BCUT2D eigenvalue weighted by Gasteiger charge is 2.49. The third-order valence-corrected chi connectivity index (χ3v) is 5.40. The van der Waals surface area contributed by atoms with Crippen LogP contribution in [0.3, 0.4) is 0 Å². The zero-order valence-electron chi connectivity index (χ0n) is 13.2. The third-order valence-electron chi connectivity index (χ3n) is 4.18. The molecule has 1 aromatic rings. The summed E-state index contributed by atoms with van der Waals surface area (Å²) in [7, 11) is 1.78. The molecule has 1 amide bonds. The van der Waals surface area contributed by atoms with E-state index in [1.807, 2.05) is 24.5 Å². The van der Waals surface area contributed by atoms with Crippen LogP contribution in [0.25, 0.3) is 0 Å². The highest BCUT2D eigenvalue weighted by molar-refractivity contribution is 9.10. The van der Waals surface area contributed by atoms with Crippen molar-refractivity contribution in [1.29, 1.82) is 0 Å². The second kappa shape index (κ2) is 6.83. The summed E-state index contributed by atoms with van der Waals surface area (Å²) < 4.78 is 12.1. The Kier molecular flexibility index (Phi) is 4.98. The first kappa shape index (κ1) is 16.8. The molecule has 2 aliphatic heterocycles. The van der Waals surface area contributed by atoms with E-state index in [0.29, 0.717) is 18.8 Å². The third kappa shape index (κ3) is 3.02. The van der Waals surface area contributed by atoms with Crippen LogP contribution in [0.1, 0.15) is 24.8 Å². The number of nitrogens with zero attached hydrogens (tertiary/aromatic N) is 2. The summed E-state index contributed by atoms with van der Waals surface area (Å²) >= 11 is 4.99. The molecule has 0 radical (unpaired) electrons. The van der Waals surface area contributed by atoms with Crippen LogP contribution in [0.15, 0.2) is 27.7 Å². The summed E-state index contributed by atoms with van der Waals surface area (Å²) in [5, 5.41) is 0.745. The maximum atomic E-state index is 13.1. The Morgan fingerprint density at radius 2 is 2.22 bits per heavy atom. The summed E-state index contributed by atoms with van der Waals surface area (Å²) in [4.78, 5) is 19.6. The summed E-state index contributed by atoms with van der Waals surface area (Å²) in [6, 6.07) is 5.71. The van der Waals surface area contributed by atoms with Crippen molar-refractivity contribution >= 4 is 38.8 Å². The lowest BCUT2D eigenvalue weighted by molar-refractivity contribution is -0.131. The van der Waals surface area contributed by atoms with Gasteiger partial charge >= 0.3 is 0 Å². The zero-order valence-corrected chi connectivity index (χ0v) is 15.6. The molecule has 0 aliphatic carbocycles. The molecule has 1 spiro atoms. The van der Waals surface area contributed by atoms with Crippen molar-refractivity contribution in [2.24, 2.45) is 4.99 Å². The fourth-order valence-corrected chi connectivity index (χ4v) is 3.97. The van der Waals surface area contributed by atoms with E-state index in [2.05, 4.69) is 15.9 Å². The van der Waals surface area contributed by atoms with E-state index in [4.69, 9.17) is 14.5 Å². The van der Waals surface area contributed by atoms with Gasteiger partial charge in [-0.15, -0.1) is 0 Å². The first-order valence-electron chi connectivity index (χ1n) is 7.51. The average Bonchev–Trinajstić information content (AvgIpc) is 2.80. The molecule has 2 aliphatic rings. The number of thioether (sulfide) groups is 1. The number of aliphatic imine (C=N–C) groups is 1. The van der Waals surface area contributed by atoms with Gasteiger partial charge in [0.25, 0.3) is 5.91 Å². The molecule has 0 saturated heterocycles. The molecule has 0 fully saturated rings. The lowest BCUT2D eigenvalue weighted by Crippen LogP contribution is -2.39. The monoisotopic (exact) mass is 398 g/mol. The number of amidine groups is 1. The van der Waals surface area contributed by atoms with Crippen LogP contribution in [0.4, 0.5) is 0 Å². The Balaban J connectivity index is 2.16. The summed E-state index contributed by atoms with van der Waals surface area (Å²) in [5.41, 5.74) is -0.0953. The number of hydrogen-bond acceptors (Lipinski definition) is 5. The fraction of sp³-hybridized carbons (Fsp3) is 0.500. The first-order valence-corrected chi connectivity index (χ1v) is 9.53. The highest BCUT2D eigenvalue weighted by Crippen LogP contribution is 2.44. The molecule has 23 heavy (non-hydrogen) atoms. The van der Waals surface area contributed by atoms with Crippen LogP contribution >= 0.6 is 27.7 Å². The summed E-state index contributed by atoms with van der Waals surface area (Å²) in [6.45, 7) is 0.818. The number of carbonyl (C=O) groups excluding carboxylic acids is 1. The maximum absolute atomic E-state index is 13.1. The van der Waals surface area contributed by atoms with Gasteiger partial charge in [-0.2, -0.15) is 0 Å². The van der Waals surface area contributed by atoms with Gasteiger partial charge < -0.3 is 9.47 Å². The minimum absolute atomic E-state index is 0.00583. The van der Waals surface area contributed by atoms with E-state index in [0.717, 1.165) is 28.0 Å². The van der Waals surface area contributed by atoms with E-state index in [1.54, 1.807) is 11.9 Å². The van der Waals surface area contributed by atoms with Crippen LogP contribution in [0.2, 0.25) is 0 Å². The van der Waals surface area contributed by atoms with Crippen LogP contribution in [-0.4, -0.2) is 42.7 Å². The second-order valence-electron chi connectivity index (χ2n) is 5.59. The SMILES string of the molecule is CSC1=NC2(CCCCOCOc3ccc(Br)cc32)C(=O)N1C. The van der Waals surface area contributed by atoms with Gasteiger partial charge in [0.2, 0.25) is 0 Å². The largest absolute Gasteiger partial charge is 0.467 e. The molecule has 1 atom stereocenters. The molecule has 124 valence electrons. The van der Waals surface area contributed by atoms with Crippen molar-refractivity contribution in [3.8, 4) is 5.75 Å². The molecule has 1 aromatic carbocycles. The molecule has 0 aromatic heterocycles. The van der Waals surface area contributed by atoms with Crippen molar-refractivity contribution in [1.82, 2.24) is 4.90 Å². The number of halogens is 1. The van der Waals surface area contributed by atoms with Crippen LogP contribution in [0.5, 0.6) is 5.75 Å². The number of likely N-dealkylation sites (N-methyl/N-ethyl adjacent to an activating group) is 1. The molecular formula is C16H19BrN2O3S. The average molecular weight is 399 g/mol. The Hall–Kier alpha value is -1.05. The van der Waals surface area contributed by atoms with Crippen molar-refractivity contribution in [2.75, 3.05) is 26.7 Å². The Morgan fingerprint density at radius 3 is 2.96 bits per heavy atom. The number of ether oxygens (including phenoxy) is 2. The number of carbonyl (C=O) groups is 1. The number of fused-ring (bicyclic) bond motifs is 2. The lowest BCUT2D eigenvalue weighted by atomic mass is 9.84.